The van der Waals surface area contributed by atoms with Crippen molar-refractivity contribution in [1.29, 1.82) is 0 Å². The highest BCUT2D eigenvalue weighted by molar-refractivity contribution is 7.98. The van der Waals surface area contributed by atoms with E-state index in [9.17, 15) is 4.79 Å². The second-order valence-electron chi connectivity index (χ2n) is 3.12. The third kappa shape index (κ3) is 2.52. The van der Waals surface area contributed by atoms with Crippen LogP contribution >= 0.6 is 23.1 Å². The molecule has 0 fully saturated rings. The van der Waals surface area contributed by atoms with E-state index in [0.717, 1.165) is 27.6 Å². The Morgan fingerprint density at radius 1 is 1.60 bits per heavy atom. The van der Waals surface area contributed by atoms with Gasteiger partial charge in [0.1, 0.15) is 5.76 Å². The van der Waals surface area contributed by atoms with E-state index in [2.05, 4.69) is 0 Å². The molecule has 0 unspecified atom stereocenters. The van der Waals surface area contributed by atoms with Crippen LogP contribution < -0.4 is 0 Å². The number of aldehydes is 1. The third-order valence-electron chi connectivity index (χ3n) is 2.05. The Labute approximate surface area is 96.3 Å². The Morgan fingerprint density at radius 2 is 2.47 bits per heavy atom. The van der Waals surface area contributed by atoms with Crippen LogP contribution in [0.4, 0.5) is 0 Å². The molecule has 0 N–H and O–H groups in total. The molecule has 2 heterocycles. The molecule has 2 rings (SSSR count). The topological polar surface area (TPSA) is 30.2 Å². The van der Waals surface area contributed by atoms with Crippen LogP contribution in [0.25, 0.3) is 0 Å². The second kappa shape index (κ2) is 4.68. The summed E-state index contributed by atoms with van der Waals surface area (Å²) in [5, 5.41) is 1.99. The molecule has 4 heteroatoms. The van der Waals surface area contributed by atoms with Gasteiger partial charge in [0.25, 0.3) is 0 Å². The average molecular weight is 238 g/mol. The maximum Gasteiger partial charge on any atom is 0.160 e. The zero-order chi connectivity index (χ0) is 10.7. The standard InChI is InChI=1S/C11H10O2S2/c1-8-2-3-13-11(8)7-15-10-4-9(5-12)14-6-10/h2-6H,7H2,1H3. The van der Waals surface area contributed by atoms with E-state index in [-0.39, 0.29) is 0 Å². The molecular weight excluding hydrogens is 228 g/mol. The molecule has 2 aromatic heterocycles. The van der Waals surface area contributed by atoms with Crippen LogP contribution in [0.2, 0.25) is 0 Å². The number of hydrogen-bond donors (Lipinski definition) is 0. The van der Waals surface area contributed by atoms with Gasteiger partial charge in [0.05, 0.1) is 16.9 Å². The highest BCUT2D eigenvalue weighted by Crippen LogP contribution is 2.28. The zero-order valence-corrected chi connectivity index (χ0v) is 9.86. The lowest BCUT2D eigenvalue weighted by Crippen LogP contribution is -1.78. The molecular formula is C11H10O2S2. The number of furan rings is 1. The third-order valence-corrected chi connectivity index (χ3v) is 4.03. The fourth-order valence-corrected chi connectivity index (χ4v) is 3.04. The molecule has 15 heavy (non-hydrogen) atoms. The fraction of sp³-hybridized carbons (Fsp3) is 0.182. The number of rotatable bonds is 4. The molecule has 0 aliphatic carbocycles. The maximum absolute atomic E-state index is 10.5. The Bertz CT molecular complexity index is 457. The average Bonchev–Trinajstić information content (AvgIpc) is 2.84. The summed E-state index contributed by atoms with van der Waals surface area (Å²) in [5.74, 6) is 1.81. The summed E-state index contributed by atoms with van der Waals surface area (Å²) in [6, 6.07) is 3.86. The van der Waals surface area contributed by atoms with Crippen LogP contribution in [0.15, 0.2) is 33.1 Å². The van der Waals surface area contributed by atoms with Crippen molar-refractivity contribution in [3.63, 3.8) is 0 Å². The number of carbonyl (C=O) groups excluding carboxylic acids is 1. The number of carbonyl (C=O) groups is 1. The first-order chi connectivity index (χ1) is 7.29. The van der Waals surface area contributed by atoms with E-state index in [4.69, 9.17) is 4.42 Å². The van der Waals surface area contributed by atoms with Crippen molar-refractivity contribution in [2.75, 3.05) is 0 Å². The van der Waals surface area contributed by atoms with E-state index in [0.29, 0.717) is 0 Å². The molecule has 0 bridgehead atoms. The van der Waals surface area contributed by atoms with Crippen LogP contribution in [0.3, 0.4) is 0 Å². The van der Waals surface area contributed by atoms with Crippen molar-refractivity contribution in [1.82, 2.24) is 0 Å². The first-order valence-corrected chi connectivity index (χ1v) is 6.35. The first kappa shape index (κ1) is 10.5. The van der Waals surface area contributed by atoms with Gasteiger partial charge in [-0.2, -0.15) is 0 Å². The lowest BCUT2D eigenvalue weighted by Gasteiger charge is -1.96. The van der Waals surface area contributed by atoms with Gasteiger partial charge in [-0.1, -0.05) is 0 Å². The Hall–Kier alpha value is -1.00. The van der Waals surface area contributed by atoms with Crippen LogP contribution in [-0.4, -0.2) is 6.29 Å². The van der Waals surface area contributed by atoms with Crippen molar-refractivity contribution in [2.24, 2.45) is 0 Å². The minimum atomic E-state index is 0.772. The number of thioether (sulfide) groups is 1. The molecule has 0 aromatic carbocycles. The second-order valence-corrected chi connectivity index (χ2v) is 5.11. The molecule has 0 radical (unpaired) electrons. The van der Waals surface area contributed by atoms with Crippen LogP contribution in [-0.2, 0) is 5.75 Å². The lowest BCUT2D eigenvalue weighted by molar-refractivity contribution is 0.112. The molecule has 0 amide bonds. The molecule has 0 aliphatic rings. The lowest BCUT2D eigenvalue weighted by atomic mass is 10.3. The number of thiophene rings is 1. The van der Waals surface area contributed by atoms with Crippen molar-refractivity contribution in [2.45, 2.75) is 17.6 Å². The summed E-state index contributed by atoms with van der Waals surface area (Å²) in [7, 11) is 0. The quantitative estimate of drug-likeness (QED) is 0.600. The minimum absolute atomic E-state index is 0.772. The highest BCUT2D eigenvalue weighted by atomic mass is 32.2. The predicted octanol–water partition coefficient (Wildman–Crippen LogP) is 3.75. The Balaban J connectivity index is 1.99. The summed E-state index contributed by atoms with van der Waals surface area (Å²) in [5.41, 5.74) is 1.17. The number of aryl methyl sites for hydroxylation is 1. The summed E-state index contributed by atoms with van der Waals surface area (Å²) in [4.78, 5) is 12.4. The SMILES string of the molecule is Cc1ccoc1CSc1csc(C=O)c1. The van der Waals surface area contributed by atoms with Gasteiger partial charge in [-0.05, 0) is 24.6 Å². The molecule has 0 atom stereocenters. The monoisotopic (exact) mass is 238 g/mol. The van der Waals surface area contributed by atoms with Crippen LogP contribution in [0.1, 0.15) is 21.0 Å². The normalized spacial score (nSPS) is 10.5. The molecule has 0 aliphatic heterocycles. The van der Waals surface area contributed by atoms with Gasteiger partial charge in [0.15, 0.2) is 6.29 Å². The van der Waals surface area contributed by atoms with Crippen molar-refractivity contribution >= 4 is 29.4 Å². The van der Waals surface area contributed by atoms with Gasteiger partial charge in [-0.15, -0.1) is 23.1 Å². The largest absolute Gasteiger partial charge is 0.468 e. The first-order valence-electron chi connectivity index (χ1n) is 4.49. The van der Waals surface area contributed by atoms with Gasteiger partial charge in [0.2, 0.25) is 0 Å². The maximum atomic E-state index is 10.5. The van der Waals surface area contributed by atoms with E-state index >= 15 is 0 Å². The van der Waals surface area contributed by atoms with Crippen molar-refractivity contribution in [3.05, 3.63) is 40.0 Å². The highest BCUT2D eigenvalue weighted by Gasteiger charge is 2.04. The van der Waals surface area contributed by atoms with E-state index < -0.39 is 0 Å². The summed E-state index contributed by atoms with van der Waals surface area (Å²) >= 11 is 3.16. The predicted molar refractivity (Wildman–Crippen MR) is 62.7 cm³/mol. The Kier molecular flexibility index (Phi) is 3.28. The molecule has 0 spiro atoms. The van der Waals surface area contributed by atoms with Gasteiger partial charge in [0, 0.05) is 10.3 Å². The van der Waals surface area contributed by atoms with E-state index in [1.54, 1.807) is 18.0 Å². The molecule has 2 aromatic rings. The summed E-state index contributed by atoms with van der Waals surface area (Å²) in [6.07, 6.45) is 2.59. The van der Waals surface area contributed by atoms with Crippen LogP contribution in [0, 0.1) is 6.92 Å². The van der Waals surface area contributed by atoms with Crippen molar-refractivity contribution in [3.8, 4) is 0 Å². The number of hydrogen-bond acceptors (Lipinski definition) is 4. The van der Waals surface area contributed by atoms with Gasteiger partial charge in [-0.25, -0.2) is 0 Å². The summed E-state index contributed by atoms with van der Waals surface area (Å²) < 4.78 is 5.33. The van der Waals surface area contributed by atoms with Gasteiger partial charge < -0.3 is 4.42 Å². The van der Waals surface area contributed by atoms with Crippen molar-refractivity contribution < 1.29 is 9.21 Å². The van der Waals surface area contributed by atoms with E-state index in [1.807, 2.05) is 24.4 Å². The zero-order valence-electron chi connectivity index (χ0n) is 8.23. The smallest absolute Gasteiger partial charge is 0.160 e. The Morgan fingerprint density at radius 3 is 3.07 bits per heavy atom. The molecule has 0 saturated carbocycles. The molecule has 0 saturated heterocycles. The van der Waals surface area contributed by atoms with E-state index in [1.165, 1.54) is 16.9 Å². The summed E-state index contributed by atoms with van der Waals surface area (Å²) in [6.45, 7) is 2.03. The fourth-order valence-electron chi connectivity index (χ4n) is 1.17. The van der Waals surface area contributed by atoms with Gasteiger partial charge >= 0.3 is 0 Å². The molecule has 2 nitrogen and oxygen atoms in total. The van der Waals surface area contributed by atoms with Gasteiger partial charge in [-0.3, -0.25) is 4.79 Å². The van der Waals surface area contributed by atoms with Crippen LogP contribution in [0.5, 0.6) is 0 Å². The minimum Gasteiger partial charge on any atom is -0.468 e. The molecule has 78 valence electrons.